The molecule has 0 radical (unpaired) electrons. The average molecular weight is 398 g/mol. The van der Waals surface area contributed by atoms with Crippen molar-refractivity contribution in [2.75, 3.05) is 5.75 Å². The van der Waals surface area contributed by atoms with Crippen molar-refractivity contribution in [1.82, 2.24) is 0 Å². The molecule has 0 spiro atoms. The Morgan fingerprint density at radius 3 is 2.13 bits per heavy atom. The molecule has 0 saturated carbocycles. The van der Waals surface area contributed by atoms with Crippen LogP contribution in [0.2, 0.25) is 0 Å². The van der Waals surface area contributed by atoms with Crippen LogP contribution < -0.4 is 0 Å². The summed E-state index contributed by atoms with van der Waals surface area (Å²) in [6, 6.07) is 0. The van der Waals surface area contributed by atoms with Crippen LogP contribution in [0.5, 0.6) is 0 Å². The normalized spacial score (nSPS) is 13.1. The van der Waals surface area contributed by atoms with Gasteiger partial charge in [-0.15, -0.1) is 0 Å². The number of hydrogen-bond donors (Lipinski definition) is 0. The molecule has 0 aromatic heterocycles. The van der Waals surface area contributed by atoms with Crippen molar-refractivity contribution < 1.29 is 27.8 Å². The topological polar surface area (TPSA) is 34.1 Å². The van der Waals surface area contributed by atoms with Gasteiger partial charge in [0.2, 0.25) is 0 Å². The summed E-state index contributed by atoms with van der Waals surface area (Å²) in [5, 5.41) is 0. The SMILES string of the molecule is C=C(C=C[C](=[W])C(C)(C)C)S(=O)(=O)CC. The fraction of sp³-hybridized carbons (Fsp3) is 0.545. The molecule has 4 heteroatoms. The molecule has 0 bridgehead atoms. The van der Waals surface area contributed by atoms with Crippen LogP contribution in [-0.2, 0) is 29.2 Å². The van der Waals surface area contributed by atoms with Crippen LogP contribution in [0.1, 0.15) is 27.7 Å². The van der Waals surface area contributed by atoms with Gasteiger partial charge in [-0.2, -0.15) is 0 Å². The minimum atomic E-state index is -3.12. The van der Waals surface area contributed by atoms with Crippen molar-refractivity contribution in [2.45, 2.75) is 27.7 Å². The van der Waals surface area contributed by atoms with Crippen molar-refractivity contribution in [2.24, 2.45) is 5.41 Å². The van der Waals surface area contributed by atoms with E-state index in [0.29, 0.717) is 0 Å². The van der Waals surface area contributed by atoms with Gasteiger partial charge in [-0.05, 0) is 0 Å². The van der Waals surface area contributed by atoms with Gasteiger partial charge < -0.3 is 0 Å². The van der Waals surface area contributed by atoms with E-state index in [1.807, 2.05) is 6.08 Å². The monoisotopic (exact) mass is 398 g/mol. The quantitative estimate of drug-likeness (QED) is 0.681. The Bertz CT molecular complexity index is 383. The first-order chi connectivity index (χ1) is 6.61. The summed E-state index contributed by atoms with van der Waals surface area (Å²) in [7, 11) is -3.12. The zero-order chi connectivity index (χ0) is 12.3. The van der Waals surface area contributed by atoms with E-state index in [-0.39, 0.29) is 16.1 Å². The second-order valence-corrected chi connectivity index (χ2v) is 8.23. The van der Waals surface area contributed by atoms with Crippen molar-refractivity contribution in [3.63, 3.8) is 0 Å². The summed E-state index contributed by atoms with van der Waals surface area (Å²) in [6.45, 7) is 11.5. The first-order valence-electron chi connectivity index (χ1n) is 4.75. The molecule has 0 atom stereocenters. The Kier molecular flexibility index (Phi) is 5.35. The number of sulfone groups is 1. The van der Waals surface area contributed by atoms with E-state index in [9.17, 15) is 8.42 Å². The van der Waals surface area contributed by atoms with E-state index in [0.717, 1.165) is 0 Å². The summed E-state index contributed by atoms with van der Waals surface area (Å²) < 4.78 is 24.0. The molecular formula is C11H18O2SW. The van der Waals surface area contributed by atoms with Gasteiger partial charge in [-0.1, -0.05) is 0 Å². The molecule has 0 aromatic rings. The Balaban J connectivity index is 4.73. The van der Waals surface area contributed by atoms with Gasteiger partial charge in [0.15, 0.2) is 0 Å². The van der Waals surface area contributed by atoms with Gasteiger partial charge in [-0.3, -0.25) is 0 Å². The number of allylic oxidation sites excluding steroid dienone is 2. The van der Waals surface area contributed by atoms with Crippen LogP contribution in [0.3, 0.4) is 0 Å². The van der Waals surface area contributed by atoms with Crippen LogP contribution in [0.25, 0.3) is 0 Å². The Morgan fingerprint density at radius 1 is 1.33 bits per heavy atom. The summed E-state index contributed by atoms with van der Waals surface area (Å²) in [5.41, 5.74) is 0.0993. The van der Waals surface area contributed by atoms with Gasteiger partial charge in [0.05, 0.1) is 0 Å². The molecule has 0 aliphatic heterocycles. The third kappa shape index (κ3) is 5.03. The van der Waals surface area contributed by atoms with E-state index in [1.54, 1.807) is 13.0 Å². The Morgan fingerprint density at radius 2 is 1.80 bits per heavy atom. The van der Waals surface area contributed by atoms with Crippen LogP contribution in [-0.4, -0.2) is 18.1 Å². The standard InChI is InChI=1S/C11H18O2S.W/c1-6-14(12,13)10(2)8-7-9-11(3,4)5;/h7-8H,2,6H2,1,3-5H3;. The van der Waals surface area contributed by atoms with Gasteiger partial charge in [0, 0.05) is 0 Å². The summed E-state index contributed by atoms with van der Waals surface area (Å²) in [4.78, 5) is 0.202. The molecule has 0 rings (SSSR count). The molecule has 0 heterocycles. The van der Waals surface area contributed by atoms with Crippen LogP contribution >= 0.6 is 0 Å². The predicted molar refractivity (Wildman–Crippen MR) is 62.2 cm³/mol. The fourth-order valence-corrected chi connectivity index (χ4v) is 1.60. The van der Waals surface area contributed by atoms with E-state index in [4.69, 9.17) is 0 Å². The molecule has 0 N–H and O–H groups in total. The molecule has 86 valence electrons. The van der Waals surface area contributed by atoms with Crippen molar-refractivity contribution in [3.8, 4) is 0 Å². The number of hydrogen-bond acceptors (Lipinski definition) is 2. The third-order valence-corrected chi connectivity index (χ3v) is 6.32. The van der Waals surface area contributed by atoms with Gasteiger partial charge in [-0.25, -0.2) is 0 Å². The predicted octanol–water partition coefficient (Wildman–Crippen LogP) is 2.26. The van der Waals surface area contributed by atoms with E-state index >= 15 is 0 Å². The fourth-order valence-electron chi connectivity index (χ4n) is 0.708. The van der Waals surface area contributed by atoms with Crippen molar-refractivity contribution in [1.29, 1.82) is 0 Å². The van der Waals surface area contributed by atoms with Gasteiger partial charge in [0.25, 0.3) is 0 Å². The van der Waals surface area contributed by atoms with Crippen LogP contribution in [0.15, 0.2) is 23.6 Å². The maximum atomic E-state index is 11.4. The molecule has 0 aliphatic carbocycles. The van der Waals surface area contributed by atoms with Gasteiger partial charge >= 0.3 is 104 Å². The summed E-state index contributed by atoms with van der Waals surface area (Å²) >= 11 is 1.36. The zero-order valence-corrected chi connectivity index (χ0v) is 13.5. The van der Waals surface area contributed by atoms with E-state index < -0.39 is 9.84 Å². The molecule has 15 heavy (non-hydrogen) atoms. The second-order valence-electron chi connectivity index (χ2n) is 4.32. The minimum absolute atomic E-state index is 0.0993. The Labute approximate surface area is 104 Å². The molecule has 0 fully saturated rings. The van der Waals surface area contributed by atoms with E-state index in [2.05, 4.69) is 27.4 Å². The van der Waals surface area contributed by atoms with Crippen LogP contribution in [0, 0.1) is 5.41 Å². The summed E-state index contributed by atoms with van der Waals surface area (Å²) in [6.07, 6.45) is 3.47. The molecular weight excluding hydrogens is 380 g/mol. The molecule has 0 unspecified atom stereocenters. The maximum absolute atomic E-state index is 11.4. The van der Waals surface area contributed by atoms with Crippen molar-refractivity contribution >= 4 is 13.7 Å². The molecule has 2 nitrogen and oxygen atoms in total. The third-order valence-electron chi connectivity index (χ3n) is 1.94. The summed E-state index contributed by atoms with van der Waals surface area (Å²) in [5.74, 6) is 0.109. The zero-order valence-electron chi connectivity index (χ0n) is 9.70. The molecule has 0 amide bonds. The average Bonchev–Trinajstić information content (AvgIpc) is 2.11. The number of rotatable bonds is 4. The molecule has 0 aromatic carbocycles. The van der Waals surface area contributed by atoms with E-state index in [1.165, 1.54) is 23.3 Å². The second kappa shape index (κ2) is 5.36. The van der Waals surface area contributed by atoms with Crippen molar-refractivity contribution in [3.05, 3.63) is 23.6 Å². The van der Waals surface area contributed by atoms with Gasteiger partial charge in [0.1, 0.15) is 0 Å². The molecule has 0 saturated heterocycles. The van der Waals surface area contributed by atoms with Crippen LogP contribution in [0.4, 0.5) is 0 Å². The first kappa shape index (κ1) is 15.0. The Hall–Kier alpha value is -0.0117. The molecule has 0 aliphatic rings. The first-order valence-corrected chi connectivity index (χ1v) is 7.87.